The molecule has 88 valence electrons. The fourth-order valence-corrected chi connectivity index (χ4v) is 1.56. The van der Waals surface area contributed by atoms with Crippen LogP contribution in [0.5, 0.6) is 0 Å². The molecule has 0 bridgehead atoms. The number of thiocarbonyl (C=S) groups is 1. The largest absolute Gasteiger partial charge is 0.389 e. The third-order valence-electron chi connectivity index (χ3n) is 2.19. The molecule has 3 N–H and O–H groups in total. The van der Waals surface area contributed by atoms with Crippen LogP contribution in [-0.4, -0.2) is 25.0 Å². The first-order valence-corrected chi connectivity index (χ1v) is 5.41. The number of aryl methyl sites for hydroxylation is 1. The van der Waals surface area contributed by atoms with Crippen molar-refractivity contribution in [3.63, 3.8) is 0 Å². The van der Waals surface area contributed by atoms with Gasteiger partial charge in [0.15, 0.2) is 5.82 Å². The number of nitrogens with two attached hydrogens (primary N) is 1. The Morgan fingerprint density at radius 1 is 1.53 bits per heavy atom. The number of hydrogen-bond donors (Lipinski definition) is 2. The van der Waals surface area contributed by atoms with Gasteiger partial charge in [-0.05, 0) is 12.1 Å². The van der Waals surface area contributed by atoms with Gasteiger partial charge >= 0.3 is 0 Å². The normalized spacial score (nSPS) is 10.2. The fourth-order valence-electron chi connectivity index (χ4n) is 1.39. The van der Waals surface area contributed by atoms with E-state index in [1.807, 2.05) is 19.3 Å². The predicted octanol–water partition coefficient (Wildman–Crippen LogP) is 0.456. The molecule has 0 aromatic carbocycles. The van der Waals surface area contributed by atoms with Gasteiger partial charge in [0.05, 0.1) is 24.0 Å². The van der Waals surface area contributed by atoms with Crippen LogP contribution in [0.1, 0.15) is 11.3 Å². The second kappa shape index (κ2) is 4.88. The summed E-state index contributed by atoms with van der Waals surface area (Å²) in [7, 11) is 1.87. The lowest BCUT2D eigenvalue weighted by molar-refractivity contribution is 0.746. The van der Waals surface area contributed by atoms with Gasteiger partial charge < -0.3 is 11.1 Å². The van der Waals surface area contributed by atoms with E-state index in [2.05, 4.69) is 20.6 Å². The fraction of sp³-hybridized carbons (Fsp3) is 0.200. The lowest BCUT2D eigenvalue weighted by Gasteiger charge is -2.07. The summed E-state index contributed by atoms with van der Waals surface area (Å²) in [5.74, 6) is 0.575. The molecule has 0 spiro atoms. The summed E-state index contributed by atoms with van der Waals surface area (Å²) in [6.45, 7) is 0.551. The Balaban J connectivity index is 2.11. The van der Waals surface area contributed by atoms with Crippen molar-refractivity contribution in [1.29, 1.82) is 0 Å². The Bertz CT molecular complexity index is 535. The van der Waals surface area contributed by atoms with Crippen molar-refractivity contribution in [2.24, 2.45) is 12.8 Å². The molecule has 0 saturated heterocycles. The van der Waals surface area contributed by atoms with Gasteiger partial charge in [0.25, 0.3) is 0 Å². The van der Waals surface area contributed by atoms with Crippen LogP contribution in [0.3, 0.4) is 0 Å². The van der Waals surface area contributed by atoms with Crippen molar-refractivity contribution < 1.29 is 0 Å². The summed E-state index contributed by atoms with van der Waals surface area (Å²) < 4.78 is 1.74. The summed E-state index contributed by atoms with van der Waals surface area (Å²) in [5.41, 5.74) is 7.19. The SMILES string of the molecule is Cn1ccc(CNc2nnccc2C(N)=S)n1. The van der Waals surface area contributed by atoms with E-state index in [-0.39, 0.29) is 0 Å². The molecule has 2 rings (SSSR count). The van der Waals surface area contributed by atoms with Crippen LogP contribution in [-0.2, 0) is 13.6 Å². The Labute approximate surface area is 104 Å². The van der Waals surface area contributed by atoms with Gasteiger partial charge in [0.2, 0.25) is 0 Å². The molecule has 2 aromatic heterocycles. The standard InChI is InChI=1S/C10H12N6S/c1-16-5-3-7(15-16)6-12-10-8(9(11)17)2-4-13-14-10/h2-5H,6H2,1H3,(H2,11,17)(H,12,14). The number of aromatic nitrogens is 4. The number of nitrogens with zero attached hydrogens (tertiary/aromatic N) is 4. The number of nitrogens with one attached hydrogen (secondary N) is 1. The topological polar surface area (TPSA) is 81.7 Å². The van der Waals surface area contributed by atoms with E-state index in [0.29, 0.717) is 22.9 Å². The molecule has 17 heavy (non-hydrogen) atoms. The van der Waals surface area contributed by atoms with Crippen LogP contribution in [0.2, 0.25) is 0 Å². The maximum absolute atomic E-state index is 5.59. The highest BCUT2D eigenvalue weighted by Crippen LogP contribution is 2.10. The van der Waals surface area contributed by atoms with Crippen molar-refractivity contribution in [2.45, 2.75) is 6.54 Å². The van der Waals surface area contributed by atoms with Gasteiger partial charge in [-0.25, -0.2) is 0 Å². The number of anilines is 1. The first kappa shape index (κ1) is 11.5. The maximum Gasteiger partial charge on any atom is 0.159 e. The summed E-state index contributed by atoms with van der Waals surface area (Å²) in [5, 5.41) is 15.1. The van der Waals surface area contributed by atoms with Crippen molar-refractivity contribution >= 4 is 23.0 Å². The Morgan fingerprint density at radius 2 is 2.35 bits per heavy atom. The molecule has 0 radical (unpaired) electrons. The average molecular weight is 248 g/mol. The number of rotatable bonds is 4. The van der Waals surface area contributed by atoms with Crippen LogP contribution in [0, 0.1) is 0 Å². The first-order chi connectivity index (χ1) is 8.16. The molecule has 0 saturated carbocycles. The quantitative estimate of drug-likeness (QED) is 0.765. The second-order valence-corrected chi connectivity index (χ2v) is 3.93. The Hall–Kier alpha value is -2.02. The Morgan fingerprint density at radius 3 is 3.00 bits per heavy atom. The third kappa shape index (κ3) is 2.76. The zero-order chi connectivity index (χ0) is 12.3. The summed E-state index contributed by atoms with van der Waals surface area (Å²) in [6, 6.07) is 3.65. The van der Waals surface area contributed by atoms with Gasteiger partial charge in [-0.15, -0.1) is 5.10 Å². The van der Waals surface area contributed by atoms with Crippen LogP contribution in [0.15, 0.2) is 24.5 Å². The molecule has 0 aliphatic rings. The molecular weight excluding hydrogens is 236 g/mol. The number of hydrogen-bond acceptors (Lipinski definition) is 5. The zero-order valence-corrected chi connectivity index (χ0v) is 10.1. The van der Waals surface area contributed by atoms with Gasteiger partial charge in [-0.1, -0.05) is 12.2 Å². The van der Waals surface area contributed by atoms with E-state index < -0.39 is 0 Å². The van der Waals surface area contributed by atoms with Crippen LogP contribution < -0.4 is 11.1 Å². The molecule has 6 nitrogen and oxygen atoms in total. The maximum atomic E-state index is 5.59. The molecule has 0 unspecified atom stereocenters. The van der Waals surface area contributed by atoms with E-state index in [0.717, 1.165) is 5.69 Å². The molecular formula is C10H12N6S. The van der Waals surface area contributed by atoms with E-state index >= 15 is 0 Å². The van der Waals surface area contributed by atoms with E-state index in [1.165, 1.54) is 0 Å². The highest BCUT2D eigenvalue weighted by Gasteiger charge is 2.06. The molecule has 0 atom stereocenters. The zero-order valence-electron chi connectivity index (χ0n) is 9.29. The Kier molecular flexibility index (Phi) is 3.29. The molecule has 0 aliphatic heterocycles. The molecule has 0 amide bonds. The first-order valence-electron chi connectivity index (χ1n) is 5.00. The summed E-state index contributed by atoms with van der Waals surface area (Å²) in [6.07, 6.45) is 3.43. The minimum atomic E-state index is 0.295. The van der Waals surface area contributed by atoms with Crippen molar-refractivity contribution in [3.8, 4) is 0 Å². The molecule has 2 heterocycles. The lowest BCUT2D eigenvalue weighted by atomic mass is 10.3. The van der Waals surface area contributed by atoms with E-state index in [9.17, 15) is 0 Å². The van der Waals surface area contributed by atoms with Gasteiger partial charge in [-0.3, -0.25) is 4.68 Å². The predicted molar refractivity (Wildman–Crippen MR) is 68.5 cm³/mol. The van der Waals surface area contributed by atoms with Crippen LogP contribution in [0.25, 0.3) is 0 Å². The summed E-state index contributed by atoms with van der Waals surface area (Å²) in [4.78, 5) is 0.295. The monoisotopic (exact) mass is 248 g/mol. The van der Waals surface area contributed by atoms with Gasteiger partial charge in [0, 0.05) is 13.2 Å². The summed E-state index contributed by atoms with van der Waals surface area (Å²) >= 11 is 4.93. The van der Waals surface area contributed by atoms with Crippen LogP contribution in [0.4, 0.5) is 5.82 Å². The minimum absolute atomic E-state index is 0.295. The highest BCUT2D eigenvalue weighted by atomic mass is 32.1. The lowest BCUT2D eigenvalue weighted by Crippen LogP contribution is -2.15. The van der Waals surface area contributed by atoms with Crippen molar-refractivity contribution in [2.75, 3.05) is 5.32 Å². The van der Waals surface area contributed by atoms with Crippen molar-refractivity contribution in [3.05, 3.63) is 35.8 Å². The smallest absolute Gasteiger partial charge is 0.159 e. The van der Waals surface area contributed by atoms with E-state index in [1.54, 1.807) is 16.9 Å². The minimum Gasteiger partial charge on any atom is -0.389 e. The van der Waals surface area contributed by atoms with Gasteiger partial charge in [-0.2, -0.15) is 10.2 Å². The molecule has 0 aliphatic carbocycles. The second-order valence-electron chi connectivity index (χ2n) is 3.49. The van der Waals surface area contributed by atoms with Gasteiger partial charge in [0.1, 0.15) is 4.99 Å². The molecule has 7 heteroatoms. The van der Waals surface area contributed by atoms with E-state index in [4.69, 9.17) is 18.0 Å². The van der Waals surface area contributed by atoms with Crippen molar-refractivity contribution in [1.82, 2.24) is 20.0 Å². The highest BCUT2D eigenvalue weighted by molar-refractivity contribution is 7.80. The van der Waals surface area contributed by atoms with Crippen LogP contribution >= 0.6 is 12.2 Å². The average Bonchev–Trinajstić information content (AvgIpc) is 2.73. The molecule has 2 aromatic rings. The third-order valence-corrected chi connectivity index (χ3v) is 2.41. The molecule has 0 fully saturated rings.